The fourth-order valence-corrected chi connectivity index (χ4v) is 2.38. The van der Waals surface area contributed by atoms with Crippen molar-refractivity contribution in [2.75, 3.05) is 19.8 Å². The van der Waals surface area contributed by atoms with Crippen molar-refractivity contribution in [1.29, 1.82) is 0 Å². The zero-order valence-electron chi connectivity index (χ0n) is 12.2. The van der Waals surface area contributed by atoms with Gasteiger partial charge in [0.1, 0.15) is 5.75 Å². The minimum Gasteiger partial charge on any atom is -0.493 e. The average molecular weight is 263 g/mol. The van der Waals surface area contributed by atoms with Gasteiger partial charge in [0, 0.05) is 12.0 Å². The second kappa shape index (κ2) is 6.92. The first-order chi connectivity index (χ1) is 9.22. The maximum absolute atomic E-state index is 5.80. The summed E-state index contributed by atoms with van der Waals surface area (Å²) in [6.45, 7) is 8.82. The first-order valence-electron chi connectivity index (χ1n) is 7.32. The number of hydrogen-bond donors (Lipinski definition) is 1. The van der Waals surface area contributed by atoms with Crippen LogP contribution in [0.15, 0.2) is 18.2 Å². The Kier molecular flexibility index (Phi) is 5.23. The summed E-state index contributed by atoms with van der Waals surface area (Å²) in [7, 11) is 0. The van der Waals surface area contributed by atoms with E-state index in [0.29, 0.717) is 6.61 Å². The Bertz CT molecular complexity index is 404. The molecule has 0 aliphatic carbocycles. The molecule has 3 nitrogen and oxygen atoms in total. The van der Waals surface area contributed by atoms with Crippen LogP contribution in [0.2, 0.25) is 0 Å². The third-order valence-corrected chi connectivity index (χ3v) is 3.36. The zero-order chi connectivity index (χ0) is 13.7. The number of benzene rings is 1. The molecule has 0 saturated heterocycles. The molecule has 1 unspecified atom stereocenters. The largest absolute Gasteiger partial charge is 0.493 e. The lowest BCUT2D eigenvalue weighted by atomic mass is 10.0. The highest BCUT2D eigenvalue weighted by molar-refractivity contribution is 5.45. The van der Waals surface area contributed by atoms with Gasteiger partial charge in [0.15, 0.2) is 0 Å². The topological polar surface area (TPSA) is 30.5 Å². The van der Waals surface area contributed by atoms with Crippen LogP contribution in [0.25, 0.3) is 0 Å². The molecule has 3 heteroatoms. The molecule has 1 heterocycles. The van der Waals surface area contributed by atoms with Gasteiger partial charge in [-0.2, -0.15) is 0 Å². The van der Waals surface area contributed by atoms with E-state index in [4.69, 9.17) is 9.47 Å². The summed E-state index contributed by atoms with van der Waals surface area (Å²) in [6.07, 6.45) is 2.39. The van der Waals surface area contributed by atoms with Crippen molar-refractivity contribution in [3.8, 4) is 5.75 Å². The number of fused-ring (bicyclic) bond motifs is 1. The Labute approximate surface area is 116 Å². The zero-order valence-corrected chi connectivity index (χ0v) is 12.2. The van der Waals surface area contributed by atoms with E-state index in [0.717, 1.165) is 31.7 Å². The van der Waals surface area contributed by atoms with E-state index in [1.165, 1.54) is 11.1 Å². The maximum Gasteiger partial charge on any atom is 0.127 e. The van der Waals surface area contributed by atoms with E-state index >= 15 is 0 Å². The molecule has 0 radical (unpaired) electrons. The summed E-state index contributed by atoms with van der Waals surface area (Å²) >= 11 is 0. The van der Waals surface area contributed by atoms with Crippen LogP contribution in [0.1, 0.15) is 44.4 Å². The molecular formula is C16H25NO2. The molecule has 1 aliphatic rings. The van der Waals surface area contributed by atoms with E-state index in [2.05, 4.69) is 44.3 Å². The lowest BCUT2D eigenvalue weighted by molar-refractivity contribution is 0.0606. The van der Waals surface area contributed by atoms with Gasteiger partial charge in [-0.3, -0.25) is 0 Å². The molecule has 0 bridgehead atoms. The number of hydrogen-bond acceptors (Lipinski definition) is 3. The molecule has 1 N–H and O–H groups in total. The third kappa shape index (κ3) is 3.71. The van der Waals surface area contributed by atoms with Gasteiger partial charge in [0.25, 0.3) is 0 Å². The van der Waals surface area contributed by atoms with Gasteiger partial charge >= 0.3 is 0 Å². The maximum atomic E-state index is 5.80. The predicted molar refractivity (Wildman–Crippen MR) is 77.8 cm³/mol. The molecule has 1 aliphatic heterocycles. The van der Waals surface area contributed by atoms with Crippen LogP contribution in [0.3, 0.4) is 0 Å². The highest BCUT2D eigenvalue weighted by Crippen LogP contribution is 2.33. The first kappa shape index (κ1) is 14.4. The Morgan fingerprint density at radius 3 is 2.95 bits per heavy atom. The summed E-state index contributed by atoms with van der Waals surface area (Å²) in [5, 5.41) is 3.57. The van der Waals surface area contributed by atoms with E-state index in [1.54, 1.807) is 0 Å². The van der Waals surface area contributed by atoms with E-state index in [9.17, 15) is 0 Å². The van der Waals surface area contributed by atoms with Gasteiger partial charge in [-0.05, 0) is 32.4 Å². The quantitative estimate of drug-likeness (QED) is 0.820. The molecule has 1 aromatic rings. The van der Waals surface area contributed by atoms with Crippen LogP contribution in [0.4, 0.5) is 0 Å². The number of rotatable bonds is 7. The van der Waals surface area contributed by atoms with Crippen molar-refractivity contribution in [2.45, 2.75) is 45.8 Å². The van der Waals surface area contributed by atoms with E-state index < -0.39 is 0 Å². The molecule has 106 valence electrons. The SMILES string of the molecule is CCCNC(COC(C)C)c1cccc2c1OCC2. The summed E-state index contributed by atoms with van der Waals surface area (Å²) in [5.74, 6) is 1.07. The van der Waals surface area contributed by atoms with E-state index in [1.807, 2.05) is 0 Å². The third-order valence-electron chi connectivity index (χ3n) is 3.36. The first-order valence-corrected chi connectivity index (χ1v) is 7.32. The van der Waals surface area contributed by atoms with Crippen LogP contribution in [-0.2, 0) is 11.2 Å². The van der Waals surface area contributed by atoms with Gasteiger partial charge in [0.05, 0.1) is 25.4 Å². The van der Waals surface area contributed by atoms with Crippen LogP contribution >= 0.6 is 0 Å². The van der Waals surface area contributed by atoms with Crippen LogP contribution in [-0.4, -0.2) is 25.9 Å². The Morgan fingerprint density at radius 2 is 2.21 bits per heavy atom. The van der Waals surface area contributed by atoms with Crippen LogP contribution < -0.4 is 10.1 Å². The lowest BCUT2D eigenvalue weighted by Crippen LogP contribution is -2.27. The highest BCUT2D eigenvalue weighted by Gasteiger charge is 2.22. The second-order valence-corrected chi connectivity index (χ2v) is 5.32. The molecule has 0 aromatic heterocycles. The lowest BCUT2D eigenvalue weighted by Gasteiger charge is -2.22. The van der Waals surface area contributed by atoms with Gasteiger partial charge in [-0.1, -0.05) is 25.1 Å². The molecule has 0 fully saturated rings. The standard InChI is InChI=1S/C16H25NO2/c1-4-9-17-15(11-19-12(2)3)14-7-5-6-13-8-10-18-16(13)14/h5-7,12,15,17H,4,8-11H2,1-3H3. The smallest absolute Gasteiger partial charge is 0.127 e. The minimum absolute atomic E-state index is 0.218. The van der Waals surface area contributed by atoms with Gasteiger partial charge in [-0.15, -0.1) is 0 Å². The van der Waals surface area contributed by atoms with Crippen LogP contribution in [0.5, 0.6) is 5.75 Å². The normalized spacial score (nSPS) is 15.4. The second-order valence-electron chi connectivity index (χ2n) is 5.32. The van der Waals surface area contributed by atoms with Crippen molar-refractivity contribution in [3.63, 3.8) is 0 Å². The van der Waals surface area contributed by atoms with E-state index in [-0.39, 0.29) is 12.1 Å². The minimum atomic E-state index is 0.218. The molecule has 19 heavy (non-hydrogen) atoms. The van der Waals surface area contributed by atoms with Crippen molar-refractivity contribution in [2.24, 2.45) is 0 Å². The van der Waals surface area contributed by atoms with Gasteiger partial charge < -0.3 is 14.8 Å². The molecule has 0 saturated carbocycles. The molecule has 0 spiro atoms. The molecular weight excluding hydrogens is 238 g/mol. The van der Waals surface area contributed by atoms with Crippen LogP contribution in [0, 0.1) is 0 Å². The number of nitrogens with one attached hydrogen (secondary N) is 1. The van der Waals surface area contributed by atoms with Crippen molar-refractivity contribution in [1.82, 2.24) is 5.32 Å². The summed E-state index contributed by atoms with van der Waals surface area (Å²) in [4.78, 5) is 0. The van der Waals surface area contributed by atoms with Crippen molar-refractivity contribution >= 4 is 0 Å². The van der Waals surface area contributed by atoms with Gasteiger partial charge in [0.2, 0.25) is 0 Å². The van der Waals surface area contributed by atoms with Crippen molar-refractivity contribution in [3.05, 3.63) is 29.3 Å². The monoisotopic (exact) mass is 263 g/mol. The fraction of sp³-hybridized carbons (Fsp3) is 0.625. The molecule has 0 amide bonds. The highest BCUT2D eigenvalue weighted by atomic mass is 16.5. The summed E-state index contributed by atoms with van der Waals surface area (Å²) in [5.41, 5.74) is 2.56. The Balaban J connectivity index is 2.14. The molecule has 1 atom stereocenters. The summed E-state index contributed by atoms with van der Waals surface area (Å²) < 4.78 is 11.6. The number of para-hydroxylation sites is 1. The predicted octanol–water partition coefficient (Wildman–Crippen LogP) is 3.09. The van der Waals surface area contributed by atoms with Gasteiger partial charge in [-0.25, -0.2) is 0 Å². The fourth-order valence-electron chi connectivity index (χ4n) is 2.38. The molecule has 2 rings (SSSR count). The number of ether oxygens (including phenoxy) is 2. The Morgan fingerprint density at radius 1 is 1.37 bits per heavy atom. The molecule has 1 aromatic carbocycles. The average Bonchev–Trinajstić information content (AvgIpc) is 2.87. The summed E-state index contributed by atoms with van der Waals surface area (Å²) in [6, 6.07) is 6.65. The Hall–Kier alpha value is -1.06. The van der Waals surface area contributed by atoms with Crippen molar-refractivity contribution < 1.29 is 9.47 Å².